The summed E-state index contributed by atoms with van der Waals surface area (Å²) in [6, 6.07) is 0. The highest BCUT2D eigenvalue weighted by Crippen LogP contribution is 2.26. The third-order valence-corrected chi connectivity index (χ3v) is 3.15. The van der Waals surface area contributed by atoms with Crippen molar-refractivity contribution in [1.82, 2.24) is 5.32 Å². The second-order valence-electron chi connectivity index (χ2n) is 6.11. The average Bonchev–Trinajstić information content (AvgIpc) is 2.08. The van der Waals surface area contributed by atoms with E-state index in [4.69, 9.17) is 5.73 Å². The Hall–Kier alpha value is 0. The molecule has 0 aromatic carbocycles. The maximum Gasteiger partial charge on any atom is 0.188 e. The molecule has 0 unspecified atom stereocenters. The van der Waals surface area contributed by atoms with Crippen LogP contribution in [0, 0.1) is 11.3 Å². The molecule has 3 N–H and O–H groups in total. The number of hydrogen-bond acceptors (Lipinski definition) is 1. The molecular weight excluding hydrogens is 325 g/mol. The average molecular weight is 353 g/mol. The van der Waals surface area contributed by atoms with E-state index in [-0.39, 0.29) is 24.0 Å². The van der Waals surface area contributed by atoms with Crippen molar-refractivity contribution in [2.75, 3.05) is 13.1 Å². The highest BCUT2D eigenvalue weighted by molar-refractivity contribution is 14.0. The van der Waals surface area contributed by atoms with E-state index in [9.17, 15) is 0 Å². The largest absolute Gasteiger partial charge is 0.370 e. The van der Waals surface area contributed by atoms with E-state index in [2.05, 4.69) is 31.1 Å². The van der Waals surface area contributed by atoms with E-state index in [0.29, 0.717) is 11.4 Å². The van der Waals surface area contributed by atoms with Gasteiger partial charge in [0.1, 0.15) is 0 Å². The molecule has 102 valence electrons. The SMILES string of the molecule is CC(C)(C)CCCNC(N)=NCC1CCC1.I. The van der Waals surface area contributed by atoms with Gasteiger partial charge in [-0.25, -0.2) is 0 Å². The maximum absolute atomic E-state index is 5.79. The van der Waals surface area contributed by atoms with Crippen LogP contribution in [0.4, 0.5) is 0 Å². The zero-order valence-electron chi connectivity index (χ0n) is 11.5. The van der Waals surface area contributed by atoms with E-state index >= 15 is 0 Å². The minimum atomic E-state index is 0. The van der Waals surface area contributed by atoms with Crippen LogP contribution in [0.25, 0.3) is 0 Å². The summed E-state index contributed by atoms with van der Waals surface area (Å²) in [6.07, 6.45) is 6.42. The first kappa shape index (κ1) is 17.0. The first-order valence-electron chi connectivity index (χ1n) is 6.51. The standard InChI is InChI=1S/C13H27N3.HI/c1-13(2,3)8-5-9-15-12(14)16-10-11-6-4-7-11;/h11H,4-10H2,1-3H3,(H3,14,15,16);1H. The molecule has 0 aliphatic heterocycles. The topological polar surface area (TPSA) is 50.4 Å². The Kier molecular flexibility index (Phi) is 8.16. The van der Waals surface area contributed by atoms with Crippen LogP contribution in [0.2, 0.25) is 0 Å². The van der Waals surface area contributed by atoms with E-state index in [1.54, 1.807) is 0 Å². The molecule has 1 fully saturated rings. The van der Waals surface area contributed by atoms with Crippen LogP contribution in [-0.4, -0.2) is 19.0 Å². The van der Waals surface area contributed by atoms with Crippen LogP contribution < -0.4 is 11.1 Å². The smallest absolute Gasteiger partial charge is 0.188 e. The van der Waals surface area contributed by atoms with Crippen LogP contribution >= 0.6 is 24.0 Å². The fraction of sp³-hybridized carbons (Fsp3) is 0.923. The number of nitrogens with zero attached hydrogens (tertiary/aromatic N) is 1. The third kappa shape index (κ3) is 8.69. The fourth-order valence-corrected chi connectivity index (χ4v) is 1.79. The molecule has 1 saturated carbocycles. The van der Waals surface area contributed by atoms with Crippen molar-refractivity contribution >= 4 is 29.9 Å². The number of halogens is 1. The molecule has 1 aliphatic rings. The summed E-state index contributed by atoms with van der Waals surface area (Å²) in [5.74, 6) is 1.43. The van der Waals surface area contributed by atoms with Gasteiger partial charge in [-0.1, -0.05) is 27.2 Å². The predicted octanol–water partition coefficient (Wildman–Crippen LogP) is 3.14. The minimum absolute atomic E-state index is 0. The fourth-order valence-electron chi connectivity index (χ4n) is 1.79. The van der Waals surface area contributed by atoms with Gasteiger partial charge >= 0.3 is 0 Å². The molecule has 0 radical (unpaired) electrons. The quantitative estimate of drug-likeness (QED) is 0.345. The number of rotatable bonds is 5. The summed E-state index contributed by atoms with van der Waals surface area (Å²) >= 11 is 0. The molecule has 0 amide bonds. The van der Waals surface area contributed by atoms with Crippen molar-refractivity contribution in [1.29, 1.82) is 0 Å². The van der Waals surface area contributed by atoms with E-state index in [1.807, 2.05) is 0 Å². The summed E-state index contributed by atoms with van der Waals surface area (Å²) in [5.41, 5.74) is 6.21. The maximum atomic E-state index is 5.79. The lowest BCUT2D eigenvalue weighted by Gasteiger charge is -2.23. The van der Waals surface area contributed by atoms with Crippen molar-refractivity contribution < 1.29 is 0 Å². The molecule has 0 aromatic heterocycles. The van der Waals surface area contributed by atoms with Crippen molar-refractivity contribution in [2.24, 2.45) is 22.1 Å². The van der Waals surface area contributed by atoms with Crippen molar-refractivity contribution in [2.45, 2.75) is 52.9 Å². The van der Waals surface area contributed by atoms with Gasteiger partial charge in [-0.05, 0) is 37.0 Å². The second kappa shape index (κ2) is 8.16. The van der Waals surface area contributed by atoms with E-state index in [1.165, 1.54) is 25.7 Å². The lowest BCUT2D eigenvalue weighted by Crippen LogP contribution is -2.33. The lowest BCUT2D eigenvalue weighted by molar-refractivity contribution is 0.326. The monoisotopic (exact) mass is 353 g/mol. The van der Waals surface area contributed by atoms with E-state index < -0.39 is 0 Å². The van der Waals surface area contributed by atoms with Gasteiger partial charge in [0.25, 0.3) is 0 Å². The third-order valence-electron chi connectivity index (χ3n) is 3.15. The molecule has 1 aliphatic carbocycles. The van der Waals surface area contributed by atoms with Gasteiger partial charge in [-0.3, -0.25) is 4.99 Å². The first-order valence-corrected chi connectivity index (χ1v) is 6.51. The Morgan fingerprint density at radius 2 is 2.00 bits per heavy atom. The second-order valence-corrected chi connectivity index (χ2v) is 6.11. The van der Waals surface area contributed by atoms with Crippen molar-refractivity contribution in [3.63, 3.8) is 0 Å². The van der Waals surface area contributed by atoms with Crippen molar-refractivity contribution in [3.05, 3.63) is 0 Å². The highest BCUT2D eigenvalue weighted by Gasteiger charge is 2.16. The summed E-state index contributed by atoms with van der Waals surface area (Å²) in [7, 11) is 0. The molecule has 3 nitrogen and oxygen atoms in total. The Bertz CT molecular complexity index is 229. The summed E-state index contributed by atoms with van der Waals surface area (Å²) < 4.78 is 0. The van der Waals surface area contributed by atoms with Crippen LogP contribution in [-0.2, 0) is 0 Å². The Labute approximate surface area is 123 Å². The zero-order valence-corrected chi connectivity index (χ0v) is 13.8. The van der Waals surface area contributed by atoms with Gasteiger partial charge in [0.05, 0.1) is 0 Å². The molecule has 1 rings (SSSR count). The molecule has 0 aromatic rings. The predicted molar refractivity (Wildman–Crippen MR) is 85.9 cm³/mol. The molecular formula is C13H28IN3. The van der Waals surface area contributed by atoms with Crippen LogP contribution in [0.5, 0.6) is 0 Å². The van der Waals surface area contributed by atoms with E-state index in [0.717, 1.165) is 25.4 Å². The molecule has 0 heterocycles. The Balaban J connectivity index is 0.00000256. The minimum Gasteiger partial charge on any atom is -0.370 e. The van der Waals surface area contributed by atoms with Crippen molar-refractivity contribution in [3.8, 4) is 0 Å². The highest BCUT2D eigenvalue weighted by atomic mass is 127. The molecule has 0 saturated heterocycles. The number of guanidine groups is 1. The van der Waals surface area contributed by atoms with Gasteiger partial charge in [0.2, 0.25) is 0 Å². The number of nitrogens with one attached hydrogen (secondary N) is 1. The Morgan fingerprint density at radius 3 is 2.47 bits per heavy atom. The molecule has 4 heteroatoms. The number of aliphatic imine (C=N–C) groups is 1. The van der Waals surface area contributed by atoms with Gasteiger partial charge in [0.15, 0.2) is 5.96 Å². The lowest BCUT2D eigenvalue weighted by atomic mass is 9.86. The molecule has 0 atom stereocenters. The molecule has 0 bridgehead atoms. The normalized spacial score (nSPS) is 17.2. The molecule has 0 spiro atoms. The van der Waals surface area contributed by atoms with Crippen LogP contribution in [0.1, 0.15) is 52.9 Å². The van der Waals surface area contributed by atoms with Crippen LogP contribution in [0.15, 0.2) is 4.99 Å². The molecule has 17 heavy (non-hydrogen) atoms. The zero-order chi connectivity index (χ0) is 12.0. The van der Waals surface area contributed by atoms with Gasteiger partial charge in [0, 0.05) is 13.1 Å². The first-order chi connectivity index (χ1) is 7.47. The Morgan fingerprint density at radius 1 is 1.35 bits per heavy atom. The summed E-state index contributed by atoms with van der Waals surface area (Å²) in [6.45, 7) is 8.65. The van der Waals surface area contributed by atoms with Gasteiger partial charge in [-0.2, -0.15) is 0 Å². The summed E-state index contributed by atoms with van der Waals surface area (Å²) in [4.78, 5) is 4.36. The number of hydrogen-bond donors (Lipinski definition) is 2. The summed E-state index contributed by atoms with van der Waals surface area (Å²) in [5, 5.41) is 3.19. The van der Waals surface area contributed by atoms with Gasteiger partial charge < -0.3 is 11.1 Å². The van der Waals surface area contributed by atoms with Crippen LogP contribution in [0.3, 0.4) is 0 Å². The van der Waals surface area contributed by atoms with Gasteiger partial charge in [-0.15, -0.1) is 24.0 Å². The number of nitrogens with two attached hydrogens (primary N) is 1.